The highest BCUT2D eigenvalue weighted by molar-refractivity contribution is 6.30. The van der Waals surface area contributed by atoms with E-state index in [4.69, 9.17) is 22.8 Å². The predicted octanol–water partition coefficient (Wildman–Crippen LogP) is 2.00. The number of carbonyl (C=O) groups is 1. The Kier molecular flexibility index (Phi) is 4.80. The number of nitrogens with one attached hydrogen (secondary N) is 1. The zero-order valence-electron chi connectivity index (χ0n) is 9.17. The van der Waals surface area contributed by atoms with Gasteiger partial charge in [0.05, 0.1) is 11.6 Å². The molecule has 0 aliphatic heterocycles. The third-order valence-electron chi connectivity index (χ3n) is 1.94. The molecule has 1 amide bonds. The monoisotopic (exact) mass is 255 g/mol. The predicted molar refractivity (Wildman–Crippen MR) is 63.3 cm³/mol. The van der Waals surface area contributed by atoms with Crippen molar-refractivity contribution in [1.29, 1.82) is 0 Å². The molecule has 0 heterocycles. The van der Waals surface area contributed by atoms with Gasteiger partial charge in [-0.05, 0) is 19.1 Å². The Hall–Kier alpha value is -1.73. The second-order valence-electron chi connectivity index (χ2n) is 3.26. The third-order valence-corrected chi connectivity index (χ3v) is 2.24. The molecule has 0 aliphatic rings. The van der Waals surface area contributed by atoms with E-state index in [0.717, 1.165) is 6.07 Å². The number of rotatable bonds is 4. The number of hydrogen-bond acceptors (Lipinski definition) is 2. The molecule has 0 radical (unpaired) electrons. The summed E-state index contributed by atoms with van der Waals surface area (Å²) in [6, 6.07) is 3.96. The Balaban J connectivity index is 2.62. The van der Waals surface area contributed by atoms with Gasteiger partial charge in [-0.1, -0.05) is 17.5 Å². The summed E-state index contributed by atoms with van der Waals surface area (Å²) < 4.78 is 18.3. The topological polar surface area (TPSA) is 38.3 Å². The van der Waals surface area contributed by atoms with E-state index in [9.17, 15) is 9.18 Å². The molecule has 5 heteroatoms. The van der Waals surface area contributed by atoms with E-state index in [-0.39, 0.29) is 23.2 Å². The summed E-state index contributed by atoms with van der Waals surface area (Å²) in [6.07, 6.45) is 4.24. The quantitative estimate of drug-likeness (QED) is 0.836. The number of hydrogen-bond donors (Lipinski definition) is 1. The average molecular weight is 256 g/mol. The summed E-state index contributed by atoms with van der Waals surface area (Å²) >= 11 is 5.52. The largest absolute Gasteiger partial charge is 0.481 e. The Bertz CT molecular complexity index is 456. The van der Waals surface area contributed by atoms with Crippen molar-refractivity contribution in [3.05, 3.63) is 29.0 Å². The fourth-order valence-electron chi connectivity index (χ4n) is 1.09. The van der Waals surface area contributed by atoms with Crippen LogP contribution >= 0.6 is 11.6 Å². The van der Waals surface area contributed by atoms with E-state index >= 15 is 0 Å². The first-order chi connectivity index (χ1) is 8.04. The van der Waals surface area contributed by atoms with Gasteiger partial charge in [0.15, 0.2) is 6.10 Å². The average Bonchev–Trinajstić information content (AvgIpc) is 2.30. The smallest absolute Gasteiger partial charge is 0.261 e. The minimum Gasteiger partial charge on any atom is -0.481 e. The molecule has 3 nitrogen and oxygen atoms in total. The number of ether oxygens (including phenoxy) is 1. The number of benzene rings is 1. The number of carbonyl (C=O) groups excluding carboxylic acids is 1. The summed E-state index contributed by atoms with van der Waals surface area (Å²) in [5.74, 6) is 1.54. The van der Waals surface area contributed by atoms with Crippen LogP contribution < -0.4 is 10.1 Å². The maximum absolute atomic E-state index is 13.1. The minimum atomic E-state index is -0.760. The van der Waals surface area contributed by atoms with Gasteiger partial charge in [0.25, 0.3) is 5.91 Å². The molecule has 90 valence electrons. The number of terminal acetylenes is 1. The second-order valence-corrected chi connectivity index (χ2v) is 3.67. The molecule has 0 saturated carbocycles. The van der Waals surface area contributed by atoms with Crippen LogP contribution in [0.2, 0.25) is 5.02 Å². The van der Waals surface area contributed by atoms with Gasteiger partial charge in [0.1, 0.15) is 11.6 Å². The molecule has 0 aliphatic carbocycles. The van der Waals surface area contributed by atoms with Gasteiger partial charge in [-0.2, -0.15) is 0 Å². The Morgan fingerprint density at radius 2 is 2.41 bits per heavy atom. The molecule has 0 spiro atoms. The number of amides is 1. The lowest BCUT2D eigenvalue weighted by molar-refractivity contribution is -0.127. The highest BCUT2D eigenvalue weighted by atomic mass is 35.5. The van der Waals surface area contributed by atoms with E-state index in [1.807, 2.05) is 0 Å². The molecule has 0 aromatic heterocycles. The van der Waals surface area contributed by atoms with Crippen LogP contribution in [-0.4, -0.2) is 18.6 Å². The Labute approximate surface area is 104 Å². The van der Waals surface area contributed by atoms with Gasteiger partial charge in [-0.3, -0.25) is 4.79 Å². The van der Waals surface area contributed by atoms with Crippen LogP contribution in [0.1, 0.15) is 6.92 Å². The molecule has 17 heavy (non-hydrogen) atoms. The molecule has 1 atom stereocenters. The van der Waals surface area contributed by atoms with Crippen LogP contribution in [0.5, 0.6) is 5.75 Å². The van der Waals surface area contributed by atoms with Crippen molar-refractivity contribution in [3.8, 4) is 18.1 Å². The molecule has 0 bridgehead atoms. The highest BCUT2D eigenvalue weighted by Crippen LogP contribution is 2.21. The van der Waals surface area contributed by atoms with Gasteiger partial charge < -0.3 is 10.1 Å². The van der Waals surface area contributed by atoms with Crippen LogP contribution in [0.4, 0.5) is 4.39 Å². The maximum Gasteiger partial charge on any atom is 0.261 e. The van der Waals surface area contributed by atoms with Crippen LogP contribution in [0.3, 0.4) is 0 Å². The molecule has 1 unspecified atom stereocenters. The van der Waals surface area contributed by atoms with Crippen molar-refractivity contribution in [1.82, 2.24) is 5.32 Å². The fraction of sp³-hybridized carbons (Fsp3) is 0.250. The molecule has 0 fully saturated rings. The lowest BCUT2D eigenvalue weighted by Crippen LogP contribution is -2.36. The molecular formula is C12H11ClFNO2. The van der Waals surface area contributed by atoms with Crippen molar-refractivity contribution in [2.45, 2.75) is 13.0 Å². The zero-order chi connectivity index (χ0) is 12.8. The van der Waals surface area contributed by atoms with Gasteiger partial charge in [-0.25, -0.2) is 4.39 Å². The molecule has 1 rings (SSSR count). The van der Waals surface area contributed by atoms with Crippen LogP contribution in [0.25, 0.3) is 0 Å². The molecule has 1 aromatic carbocycles. The SMILES string of the molecule is C#CCNC(=O)C(C)Oc1ccc(Cl)c(F)c1. The standard InChI is InChI=1S/C12H11ClFNO2/c1-3-6-15-12(16)8(2)17-9-4-5-10(13)11(14)7-9/h1,4-5,7-8H,6H2,2H3,(H,15,16). The lowest BCUT2D eigenvalue weighted by Gasteiger charge is -2.13. The van der Waals surface area contributed by atoms with Gasteiger partial charge >= 0.3 is 0 Å². The van der Waals surface area contributed by atoms with E-state index in [0.29, 0.717) is 0 Å². The van der Waals surface area contributed by atoms with Crippen molar-refractivity contribution in [3.63, 3.8) is 0 Å². The van der Waals surface area contributed by atoms with Crippen molar-refractivity contribution < 1.29 is 13.9 Å². The van der Waals surface area contributed by atoms with E-state index in [1.165, 1.54) is 12.1 Å². The zero-order valence-corrected chi connectivity index (χ0v) is 9.92. The lowest BCUT2D eigenvalue weighted by atomic mass is 10.3. The van der Waals surface area contributed by atoms with Crippen LogP contribution in [0, 0.1) is 18.2 Å². The normalized spacial score (nSPS) is 11.4. The van der Waals surface area contributed by atoms with Crippen molar-refractivity contribution in [2.75, 3.05) is 6.54 Å². The summed E-state index contributed by atoms with van der Waals surface area (Å²) in [5.41, 5.74) is 0. The van der Waals surface area contributed by atoms with E-state index < -0.39 is 11.9 Å². The molecule has 1 N–H and O–H groups in total. The Morgan fingerprint density at radius 3 is 3.00 bits per heavy atom. The van der Waals surface area contributed by atoms with Crippen molar-refractivity contribution >= 4 is 17.5 Å². The van der Waals surface area contributed by atoms with Gasteiger partial charge in [0, 0.05) is 6.07 Å². The van der Waals surface area contributed by atoms with Crippen LogP contribution in [-0.2, 0) is 4.79 Å². The van der Waals surface area contributed by atoms with Crippen LogP contribution in [0.15, 0.2) is 18.2 Å². The minimum absolute atomic E-state index is 0.00165. The summed E-state index contributed by atoms with van der Waals surface area (Å²) in [7, 11) is 0. The van der Waals surface area contributed by atoms with E-state index in [1.54, 1.807) is 6.92 Å². The first-order valence-corrected chi connectivity index (χ1v) is 5.25. The summed E-state index contributed by atoms with van der Waals surface area (Å²) in [4.78, 5) is 11.4. The molecule has 0 saturated heterocycles. The Morgan fingerprint density at radius 1 is 1.71 bits per heavy atom. The fourth-order valence-corrected chi connectivity index (χ4v) is 1.21. The number of halogens is 2. The molecular weight excluding hydrogens is 245 g/mol. The van der Waals surface area contributed by atoms with Crippen molar-refractivity contribution in [2.24, 2.45) is 0 Å². The summed E-state index contributed by atoms with van der Waals surface area (Å²) in [5, 5.41) is 2.46. The van der Waals surface area contributed by atoms with Gasteiger partial charge in [-0.15, -0.1) is 6.42 Å². The van der Waals surface area contributed by atoms with Gasteiger partial charge in [0.2, 0.25) is 0 Å². The first-order valence-electron chi connectivity index (χ1n) is 4.87. The molecule has 1 aromatic rings. The highest BCUT2D eigenvalue weighted by Gasteiger charge is 2.14. The second kappa shape index (κ2) is 6.12. The maximum atomic E-state index is 13.1. The first kappa shape index (κ1) is 13.3. The van der Waals surface area contributed by atoms with E-state index in [2.05, 4.69) is 11.2 Å². The third kappa shape index (κ3) is 3.97. The summed E-state index contributed by atoms with van der Waals surface area (Å²) in [6.45, 7) is 1.67.